The van der Waals surface area contributed by atoms with E-state index in [4.69, 9.17) is 11.6 Å². The van der Waals surface area contributed by atoms with Gasteiger partial charge in [0.05, 0.1) is 16.9 Å². The fourth-order valence-electron chi connectivity index (χ4n) is 4.78. The fraction of sp³-hybridized carbons (Fsp3) is 0.125. The Kier molecular flexibility index (Phi) is 3.71. The Balaban J connectivity index is 1.65. The first-order valence-electron chi connectivity index (χ1n) is 9.86. The van der Waals surface area contributed by atoms with Gasteiger partial charge < -0.3 is 14.8 Å². The molecule has 30 heavy (non-hydrogen) atoms. The van der Waals surface area contributed by atoms with Crippen LogP contribution in [0.4, 0.5) is 15.8 Å². The molecule has 0 radical (unpaired) electrons. The average Bonchev–Trinajstić information content (AvgIpc) is 3.13. The van der Waals surface area contributed by atoms with Crippen LogP contribution in [-0.2, 0) is 6.42 Å². The van der Waals surface area contributed by atoms with E-state index in [1.807, 2.05) is 40.1 Å². The van der Waals surface area contributed by atoms with Gasteiger partial charge in [0, 0.05) is 28.2 Å². The van der Waals surface area contributed by atoms with Crippen molar-refractivity contribution in [2.75, 3.05) is 11.4 Å². The summed E-state index contributed by atoms with van der Waals surface area (Å²) in [6, 6.07) is 20.0. The molecule has 2 aliphatic rings. The van der Waals surface area contributed by atoms with E-state index in [-0.39, 0.29) is 17.9 Å². The molecule has 0 fully saturated rings. The van der Waals surface area contributed by atoms with Crippen LogP contribution in [0.1, 0.15) is 27.8 Å². The molecular formula is C24H17ClFN3O. The van der Waals surface area contributed by atoms with Gasteiger partial charge in [0.1, 0.15) is 5.82 Å². The van der Waals surface area contributed by atoms with Gasteiger partial charge in [-0.15, -0.1) is 0 Å². The zero-order valence-electron chi connectivity index (χ0n) is 15.9. The number of carbonyl (C=O) groups excluding carboxylic acids is 1. The normalized spacial score (nSPS) is 17.7. The number of halogens is 2. The summed E-state index contributed by atoms with van der Waals surface area (Å²) in [4.78, 5) is 20.8. The third kappa shape index (κ3) is 2.42. The molecule has 4 nitrogen and oxygen atoms in total. The van der Waals surface area contributed by atoms with E-state index in [0.29, 0.717) is 22.8 Å². The highest BCUT2D eigenvalue weighted by molar-refractivity contribution is 6.31. The summed E-state index contributed by atoms with van der Waals surface area (Å²) in [7, 11) is 0. The average molecular weight is 418 g/mol. The standard InChI is InChI=1S/C24H17ClFN3O/c25-14-8-9-21-19(12-14)24(30)28-11-10-18-17-6-1-2-7-20(17)27-22(18)23(28)29(21)16-5-3-4-15(26)13-16/h1-9,12-13,23,27H,10-11H2. The van der Waals surface area contributed by atoms with Crippen molar-refractivity contribution in [3.8, 4) is 0 Å². The van der Waals surface area contributed by atoms with E-state index < -0.39 is 0 Å². The predicted octanol–water partition coefficient (Wildman–Crippen LogP) is 5.81. The minimum absolute atomic E-state index is 0.0607. The highest BCUT2D eigenvalue weighted by Crippen LogP contribution is 2.47. The molecule has 0 spiro atoms. The largest absolute Gasteiger partial charge is 0.355 e. The smallest absolute Gasteiger partial charge is 0.257 e. The summed E-state index contributed by atoms with van der Waals surface area (Å²) in [6.45, 7) is 0.579. The zero-order valence-corrected chi connectivity index (χ0v) is 16.7. The van der Waals surface area contributed by atoms with Crippen molar-refractivity contribution in [2.24, 2.45) is 0 Å². The molecule has 1 N–H and O–H groups in total. The number of nitrogens with zero attached hydrogens (tertiary/aromatic N) is 2. The van der Waals surface area contributed by atoms with E-state index >= 15 is 0 Å². The van der Waals surface area contributed by atoms with Gasteiger partial charge in [-0.1, -0.05) is 35.9 Å². The minimum Gasteiger partial charge on any atom is -0.355 e. The van der Waals surface area contributed by atoms with Crippen LogP contribution < -0.4 is 4.90 Å². The second-order valence-electron chi connectivity index (χ2n) is 7.70. The summed E-state index contributed by atoms with van der Waals surface area (Å²) in [5.41, 5.74) is 5.16. The topological polar surface area (TPSA) is 39.3 Å². The van der Waals surface area contributed by atoms with E-state index in [0.717, 1.165) is 23.3 Å². The molecule has 4 aromatic rings. The molecule has 6 rings (SSSR count). The number of amides is 1. The van der Waals surface area contributed by atoms with Crippen molar-refractivity contribution in [1.29, 1.82) is 0 Å². The third-order valence-corrected chi connectivity index (χ3v) is 6.28. The summed E-state index contributed by atoms with van der Waals surface area (Å²) >= 11 is 6.22. The molecule has 1 amide bonds. The molecule has 2 aliphatic heterocycles. The second kappa shape index (κ2) is 6.34. The van der Waals surface area contributed by atoms with E-state index in [2.05, 4.69) is 11.1 Å². The Bertz CT molecular complexity index is 1330. The van der Waals surface area contributed by atoms with Crippen LogP contribution in [0, 0.1) is 5.82 Å². The number of rotatable bonds is 1. The van der Waals surface area contributed by atoms with Crippen molar-refractivity contribution < 1.29 is 9.18 Å². The second-order valence-corrected chi connectivity index (χ2v) is 8.13. The van der Waals surface area contributed by atoms with Crippen molar-refractivity contribution in [2.45, 2.75) is 12.6 Å². The molecule has 0 aliphatic carbocycles. The van der Waals surface area contributed by atoms with Crippen LogP contribution in [0.2, 0.25) is 5.02 Å². The fourth-order valence-corrected chi connectivity index (χ4v) is 4.96. The van der Waals surface area contributed by atoms with Gasteiger partial charge in [-0.05, 0) is 54.4 Å². The Morgan fingerprint density at radius 1 is 1.03 bits per heavy atom. The van der Waals surface area contributed by atoms with Crippen LogP contribution >= 0.6 is 11.6 Å². The van der Waals surface area contributed by atoms with E-state index in [1.54, 1.807) is 18.2 Å². The Morgan fingerprint density at radius 3 is 2.77 bits per heavy atom. The van der Waals surface area contributed by atoms with Gasteiger partial charge in [-0.3, -0.25) is 4.79 Å². The Hall–Kier alpha value is -3.31. The number of hydrogen-bond acceptors (Lipinski definition) is 2. The van der Waals surface area contributed by atoms with Crippen molar-refractivity contribution in [3.05, 3.63) is 94.4 Å². The monoisotopic (exact) mass is 417 g/mol. The number of fused-ring (bicyclic) bond motifs is 6. The molecule has 3 aromatic carbocycles. The maximum Gasteiger partial charge on any atom is 0.257 e. The maximum atomic E-state index is 14.2. The van der Waals surface area contributed by atoms with Gasteiger partial charge in [0.25, 0.3) is 5.91 Å². The highest BCUT2D eigenvalue weighted by atomic mass is 35.5. The number of carbonyl (C=O) groups is 1. The number of para-hydroxylation sites is 1. The van der Waals surface area contributed by atoms with Gasteiger partial charge >= 0.3 is 0 Å². The lowest BCUT2D eigenvalue weighted by molar-refractivity contribution is 0.0642. The highest BCUT2D eigenvalue weighted by Gasteiger charge is 2.43. The number of hydrogen-bond donors (Lipinski definition) is 1. The van der Waals surface area contributed by atoms with Crippen molar-refractivity contribution in [3.63, 3.8) is 0 Å². The maximum absolute atomic E-state index is 14.2. The minimum atomic E-state index is -0.385. The lowest BCUT2D eigenvalue weighted by atomic mass is 9.95. The third-order valence-electron chi connectivity index (χ3n) is 6.04. The molecule has 3 heterocycles. The lowest BCUT2D eigenvalue weighted by Crippen LogP contribution is -2.50. The van der Waals surface area contributed by atoms with Gasteiger partial charge in [0.15, 0.2) is 6.17 Å². The summed E-state index contributed by atoms with van der Waals surface area (Å²) < 4.78 is 14.2. The first-order valence-corrected chi connectivity index (χ1v) is 10.2. The number of anilines is 2. The first-order chi connectivity index (χ1) is 14.6. The van der Waals surface area contributed by atoms with Crippen LogP contribution in [0.5, 0.6) is 0 Å². The number of H-pyrrole nitrogens is 1. The van der Waals surface area contributed by atoms with E-state index in [1.165, 1.54) is 23.1 Å². The number of aromatic amines is 1. The predicted molar refractivity (Wildman–Crippen MR) is 116 cm³/mol. The van der Waals surface area contributed by atoms with Gasteiger partial charge in [-0.25, -0.2) is 4.39 Å². The molecule has 0 saturated carbocycles. The van der Waals surface area contributed by atoms with Crippen LogP contribution in [0.25, 0.3) is 10.9 Å². The summed E-state index contributed by atoms with van der Waals surface area (Å²) in [5, 5.41) is 1.67. The quantitative estimate of drug-likeness (QED) is 0.424. The molecular weight excluding hydrogens is 401 g/mol. The van der Waals surface area contributed by atoms with Crippen LogP contribution in [-0.4, -0.2) is 22.3 Å². The molecule has 1 aromatic heterocycles. The number of benzene rings is 3. The van der Waals surface area contributed by atoms with Crippen LogP contribution in [0.3, 0.4) is 0 Å². The molecule has 1 atom stereocenters. The Labute approximate surface area is 177 Å². The van der Waals surface area contributed by atoms with Crippen molar-refractivity contribution >= 4 is 39.8 Å². The van der Waals surface area contributed by atoms with Gasteiger partial charge in [-0.2, -0.15) is 0 Å². The summed E-state index contributed by atoms with van der Waals surface area (Å²) in [5.74, 6) is -0.381. The first kappa shape index (κ1) is 17.5. The molecule has 0 saturated heterocycles. The lowest BCUT2D eigenvalue weighted by Gasteiger charge is -2.47. The molecule has 148 valence electrons. The van der Waals surface area contributed by atoms with Crippen LogP contribution in [0.15, 0.2) is 66.7 Å². The molecule has 1 unspecified atom stereocenters. The number of nitrogens with one attached hydrogen (secondary N) is 1. The zero-order chi connectivity index (χ0) is 20.4. The van der Waals surface area contributed by atoms with Crippen molar-refractivity contribution in [1.82, 2.24) is 9.88 Å². The van der Waals surface area contributed by atoms with E-state index in [9.17, 15) is 9.18 Å². The SMILES string of the molecule is O=C1c2cc(Cl)ccc2N(c2cccc(F)c2)C2c3[nH]c4ccccc4c3CCN12. The molecule has 6 heteroatoms. The number of aromatic nitrogens is 1. The molecule has 0 bridgehead atoms. The summed E-state index contributed by atoms with van der Waals surface area (Å²) in [6.07, 6.45) is 0.373. The Morgan fingerprint density at radius 2 is 1.90 bits per heavy atom. The van der Waals surface area contributed by atoms with Gasteiger partial charge in [0.2, 0.25) is 0 Å².